The van der Waals surface area contributed by atoms with Gasteiger partial charge >= 0.3 is 0 Å². The van der Waals surface area contributed by atoms with Crippen LogP contribution in [-0.2, 0) is 11.3 Å². The summed E-state index contributed by atoms with van der Waals surface area (Å²) in [7, 11) is 0. The van der Waals surface area contributed by atoms with Crippen LogP contribution in [0.15, 0.2) is 54.6 Å². The molecule has 2 aromatic carbocycles. The topological polar surface area (TPSA) is 38.8 Å². The summed E-state index contributed by atoms with van der Waals surface area (Å²) < 4.78 is 11.1. The molecule has 4 nitrogen and oxygen atoms in total. The van der Waals surface area contributed by atoms with Crippen LogP contribution in [0.3, 0.4) is 0 Å². The standard InChI is InChI=1S/C20H23NO3.ClH/c22-20(10-11-21-12-14-23-15-13-21)18-6-8-19(9-7-18)24-16-17-4-2-1-3-5-17;/h1-9H,10-16H2;1H. The molecule has 0 radical (unpaired) electrons. The summed E-state index contributed by atoms with van der Waals surface area (Å²) >= 11 is 0. The van der Waals surface area contributed by atoms with Gasteiger partial charge in [-0.15, -0.1) is 12.4 Å². The number of halogens is 1. The van der Waals surface area contributed by atoms with Crippen LogP contribution in [-0.4, -0.2) is 43.5 Å². The molecule has 0 unspecified atom stereocenters. The third-order valence-corrected chi connectivity index (χ3v) is 4.18. The number of hydrogen-bond acceptors (Lipinski definition) is 4. The number of Topliss-reactive ketones (excluding diaryl/α,β-unsaturated/α-hetero) is 1. The van der Waals surface area contributed by atoms with Crippen molar-refractivity contribution in [2.24, 2.45) is 0 Å². The van der Waals surface area contributed by atoms with E-state index in [9.17, 15) is 4.79 Å². The monoisotopic (exact) mass is 361 g/mol. The molecule has 0 amide bonds. The van der Waals surface area contributed by atoms with E-state index in [2.05, 4.69) is 4.90 Å². The van der Waals surface area contributed by atoms with E-state index >= 15 is 0 Å². The molecular weight excluding hydrogens is 338 g/mol. The second-order valence-electron chi connectivity index (χ2n) is 5.93. The van der Waals surface area contributed by atoms with E-state index in [1.54, 1.807) is 0 Å². The zero-order valence-electron chi connectivity index (χ0n) is 14.2. The van der Waals surface area contributed by atoms with Gasteiger partial charge in [0.2, 0.25) is 0 Å². The van der Waals surface area contributed by atoms with Crippen LogP contribution >= 0.6 is 12.4 Å². The minimum atomic E-state index is 0. The summed E-state index contributed by atoms with van der Waals surface area (Å²) in [6, 6.07) is 17.5. The molecule has 0 saturated carbocycles. The molecule has 1 aliphatic rings. The SMILES string of the molecule is Cl.O=C(CCN1CCOCC1)c1ccc(OCc2ccccc2)cc1. The fraction of sp³-hybridized carbons (Fsp3) is 0.350. The van der Waals surface area contributed by atoms with E-state index < -0.39 is 0 Å². The zero-order chi connectivity index (χ0) is 16.6. The van der Waals surface area contributed by atoms with E-state index in [0.717, 1.165) is 49.7 Å². The number of nitrogens with zero attached hydrogens (tertiary/aromatic N) is 1. The Hall–Kier alpha value is -1.88. The quantitative estimate of drug-likeness (QED) is 0.706. The van der Waals surface area contributed by atoms with E-state index in [4.69, 9.17) is 9.47 Å². The maximum Gasteiger partial charge on any atom is 0.164 e. The first-order valence-electron chi connectivity index (χ1n) is 8.41. The fourth-order valence-electron chi connectivity index (χ4n) is 2.71. The van der Waals surface area contributed by atoms with Gasteiger partial charge in [-0.1, -0.05) is 30.3 Å². The number of carbonyl (C=O) groups excluding carboxylic acids is 1. The molecule has 0 bridgehead atoms. The van der Waals surface area contributed by atoms with E-state index in [0.29, 0.717) is 13.0 Å². The molecule has 1 saturated heterocycles. The highest BCUT2D eigenvalue weighted by Crippen LogP contribution is 2.15. The predicted octanol–water partition coefficient (Wildman–Crippen LogP) is 3.59. The molecule has 3 rings (SSSR count). The average molecular weight is 362 g/mol. The summed E-state index contributed by atoms with van der Waals surface area (Å²) in [4.78, 5) is 14.6. The van der Waals surface area contributed by atoms with Gasteiger partial charge < -0.3 is 9.47 Å². The molecule has 0 aromatic heterocycles. The first kappa shape index (κ1) is 19.4. The maximum absolute atomic E-state index is 12.3. The lowest BCUT2D eigenvalue weighted by Crippen LogP contribution is -2.37. The Kier molecular flexibility index (Phi) is 7.92. The first-order chi connectivity index (χ1) is 11.8. The predicted molar refractivity (Wildman–Crippen MR) is 101 cm³/mol. The van der Waals surface area contributed by atoms with Crippen LogP contribution < -0.4 is 4.74 Å². The lowest BCUT2D eigenvalue weighted by atomic mass is 10.1. The number of ether oxygens (including phenoxy) is 2. The number of rotatable bonds is 7. The smallest absolute Gasteiger partial charge is 0.164 e. The van der Waals surface area contributed by atoms with Crippen LogP contribution in [0.1, 0.15) is 22.3 Å². The molecule has 2 aromatic rings. The van der Waals surface area contributed by atoms with Gasteiger partial charge in [-0.2, -0.15) is 0 Å². The number of carbonyl (C=O) groups is 1. The first-order valence-corrected chi connectivity index (χ1v) is 8.41. The molecule has 1 aliphatic heterocycles. The lowest BCUT2D eigenvalue weighted by Gasteiger charge is -2.26. The van der Waals surface area contributed by atoms with Gasteiger partial charge in [0.1, 0.15) is 12.4 Å². The van der Waals surface area contributed by atoms with Crippen molar-refractivity contribution in [1.82, 2.24) is 4.90 Å². The minimum Gasteiger partial charge on any atom is -0.489 e. The summed E-state index contributed by atoms with van der Waals surface area (Å²) in [5.74, 6) is 0.958. The van der Waals surface area contributed by atoms with Crippen LogP contribution in [0, 0.1) is 0 Å². The van der Waals surface area contributed by atoms with E-state index in [1.165, 1.54) is 0 Å². The molecule has 0 spiro atoms. The Bertz CT molecular complexity index is 640. The van der Waals surface area contributed by atoms with Crippen molar-refractivity contribution in [3.8, 4) is 5.75 Å². The van der Waals surface area contributed by atoms with Crippen molar-refractivity contribution in [3.63, 3.8) is 0 Å². The van der Waals surface area contributed by atoms with Crippen molar-refractivity contribution in [2.75, 3.05) is 32.8 Å². The van der Waals surface area contributed by atoms with Gasteiger partial charge in [-0.3, -0.25) is 9.69 Å². The van der Waals surface area contributed by atoms with Crippen LogP contribution in [0.25, 0.3) is 0 Å². The van der Waals surface area contributed by atoms with Crippen molar-refractivity contribution in [2.45, 2.75) is 13.0 Å². The van der Waals surface area contributed by atoms with E-state index in [-0.39, 0.29) is 18.2 Å². The molecule has 0 aliphatic carbocycles. The van der Waals surface area contributed by atoms with Crippen molar-refractivity contribution >= 4 is 18.2 Å². The molecule has 0 atom stereocenters. The van der Waals surface area contributed by atoms with Gasteiger partial charge in [-0.05, 0) is 29.8 Å². The Morgan fingerprint density at radius 3 is 2.36 bits per heavy atom. The highest BCUT2D eigenvalue weighted by molar-refractivity contribution is 5.96. The maximum atomic E-state index is 12.3. The molecule has 0 N–H and O–H groups in total. The summed E-state index contributed by atoms with van der Waals surface area (Å²) in [5, 5.41) is 0. The summed E-state index contributed by atoms with van der Waals surface area (Å²) in [5.41, 5.74) is 1.87. The molecule has 1 fully saturated rings. The Morgan fingerprint density at radius 1 is 1.00 bits per heavy atom. The molecule has 5 heteroatoms. The Morgan fingerprint density at radius 2 is 1.68 bits per heavy atom. The van der Waals surface area contributed by atoms with Crippen LogP contribution in [0.4, 0.5) is 0 Å². The highest BCUT2D eigenvalue weighted by atomic mass is 35.5. The van der Waals surface area contributed by atoms with Crippen molar-refractivity contribution in [1.29, 1.82) is 0 Å². The minimum absolute atomic E-state index is 0. The second kappa shape index (κ2) is 10.2. The van der Waals surface area contributed by atoms with Crippen LogP contribution in [0.2, 0.25) is 0 Å². The molecular formula is C20H24ClNO3. The number of benzene rings is 2. The highest BCUT2D eigenvalue weighted by Gasteiger charge is 2.13. The normalized spacial score (nSPS) is 14.6. The Balaban J connectivity index is 0.00000225. The van der Waals surface area contributed by atoms with E-state index in [1.807, 2.05) is 54.6 Å². The van der Waals surface area contributed by atoms with Gasteiger partial charge in [0.05, 0.1) is 13.2 Å². The molecule has 25 heavy (non-hydrogen) atoms. The van der Waals surface area contributed by atoms with Crippen molar-refractivity contribution in [3.05, 3.63) is 65.7 Å². The average Bonchev–Trinajstić information content (AvgIpc) is 2.66. The van der Waals surface area contributed by atoms with Gasteiger partial charge in [0.25, 0.3) is 0 Å². The van der Waals surface area contributed by atoms with Gasteiger partial charge in [0, 0.05) is 31.6 Å². The second-order valence-corrected chi connectivity index (χ2v) is 5.93. The number of morpholine rings is 1. The number of ketones is 1. The fourth-order valence-corrected chi connectivity index (χ4v) is 2.71. The van der Waals surface area contributed by atoms with Crippen LogP contribution in [0.5, 0.6) is 5.75 Å². The Labute approximate surface area is 155 Å². The molecule has 134 valence electrons. The molecule has 1 heterocycles. The van der Waals surface area contributed by atoms with Gasteiger partial charge in [0.15, 0.2) is 5.78 Å². The van der Waals surface area contributed by atoms with Gasteiger partial charge in [-0.25, -0.2) is 0 Å². The zero-order valence-corrected chi connectivity index (χ0v) is 15.0. The third-order valence-electron chi connectivity index (χ3n) is 4.18. The third kappa shape index (κ3) is 6.16. The summed E-state index contributed by atoms with van der Waals surface area (Å²) in [6.45, 7) is 4.70. The summed E-state index contributed by atoms with van der Waals surface area (Å²) in [6.07, 6.45) is 0.546. The lowest BCUT2D eigenvalue weighted by molar-refractivity contribution is 0.0370. The number of hydrogen-bond donors (Lipinski definition) is 0. The largest absolute Gasteiger partial charge is 0.489 e. The van der Waals surface area contributed by atoms with Crippen molar-refractivity contribution < 1.29 is 14.3 Å².